The average Bonchev–Trinajstić information content (AvgIpc) is 2.97. The van der Waals surface area contributed by atoms with Crippen LogP contribution in [0.4, 0.5) is 0 Å². The second-order valence-corrected chi connectivity index (χ2v) is 4.97. The molecule has 18 heavy (non-hydrogen) atoms. The Balaban J connectivity index is 2.03. The maximum Gasteiger partial charge on any atom is 0.310 e. The van der Waals surface area contributed by atoms with E-state index < -0.39 is 0 Å². The second kappa shape index (κ2) is 5.56. The van der Waals surface area contributed by atoms with Crippen molar-refractivity contribution >= 4 is 27.8 Å². The molecule has 1 fully saturated rings. The van der Waals surface area contributed by atoms with Crippen molar-refractivity contribution in [3.8, 4) is 0 Å². The zero-order valence-electron chi connectivity index (χ0n) is 9.94. The molecule has 2 atom stereocenters. The topological polar surface area (TPSA) is 68.5 Å². The summed E-state index contributed by atoms with van der Waals surface area (Å²) in [5.74, 6) is -0.745. The number of carbonyl (C=O) groups is 2. The van der Waals surface area contributed by atoms with E-state index in [0.29, 0.717) is 10.2 Å². The number of halogens is 1. The Morgan fingerprint density at radius 3 is 2.89 bits per heavy atom. The molecule has 1 heterocycles. The fraction of sp³-hybridized carbons (Fsp3) is 0.500. The molecule has 0 aliphatic heterocycles. The van der Waals surface area contributed by atoms with E-state index in [9.17, 15) is 9.59 Å². The van der Waals surface area contributed by atoms with Crippen LogP contribution in [-0.2, 0) is 9.53 Å². The van der Waals surface area contributed by atoms with Gasteiger partial charge in [-0.2, -0.15) is 0 Å². The minimum absolute atomic E-state index is 0.160. The van der Waals surface area contributed by atoms with Gasteiger partial charge in [-0.15, -0.1) is 0 Å². The lowest BCUT2D eigenvalue weighted by Crippen LogP contribution is -2.40. The van der Waals surface area contributed by atoms with Crippen LogP contribution in [0.15, 0.2) is 21.4 Å². The Morgan fingerprint density at radius 2 is 2.28 bits per heavy atom. The van der Waals surface area contributed by atoms with Crippen LogP contribution in [0.3, 0.4) is 0 Å². The van der Waals surface area contributed by atoms with E-state index in [2.05, 4.69) is 21.2 Å². The van der Waals surface area contributed by atoms with E-state index in [-0.39, 0.29) is 23.8 Å². The molecule has 1 N–H and O–H groups in total. The smallest absolute Gasteiger partial charge is 0.310 e. The summed E-state index contributed by atoms with van der Waals surface area (Å²) >= 11 is 3.15. The minimum atomic E-state index is -0.260. The van der Waals surface area contributed by atoms with Gasteiger partial charge in [0.05, 0.1) is 24.9 Å². The highest BCUT2D eigenvalue weighted by Crippen LogP contribution is 2.27. The predicted molar refractivity (Wildman–Crippen MR) is 67.0 cm³/mol. The van der Waals surface area contributed by atoms with Crippen molar-refractivity contribution in [2.45, 2.75) is 25.3 Å². The molecule has 1 aliphatic rings. The Bertz CT molecular complexity index is 457. The van der Waals surface area contributed by atoms with Gasteiger partial charge in [-0.1, -0.05) is 6.42 Å². The second-order valence-electron chi connectivity index (χ2n) is 4.25. The van der Waals surface area contributed by atoms with E-state index in [1.807, 2.05) is 0 Å². The number of carbonyl (C=O) groups excluding carboxylic acids is 2. The summed E-state index contributed by atoms with van der Waals surface area (Å²) < 4.78 is 10.1. The molecule has 1 saturated carbocycles. The lowest BCUT2D eigenvalue weighted by molar-refractivity contribution is -0.145. The number of hydrogen-bond acceptors (Lipinski definition) is 4. The molecule has 5 nitrogen and oxygen atoms in total. The molecule has 0 aromatic carbocycles. The van der Waals surface area contributed by atoms with E-state index >= 15 is 0 Å². The van der Waals surface area contributed by atoms with E-state index in [4.69, 9.17) is 9.15 Å². The van der Waals surface area contributed by atoms with Crippen LogP contribution in [0.25, 0.3) is 0 Å². The number of rotatable bonds is 3. The number of nitrogens with one attached hydrogen (secondary N) is 1. The van der Waals surface area contributed by atoms with Crippen LogP contribution < -0.4 is 5.32 Å². The van der Waals surface area contributed by atoms with Gasteiger partial charge >= 0.3 is 5.97 Å². The summed E-state index contributed by atoms with van der Waals surface area (Å²) in [6, 6.07) is 1.42. The van der Waals surface area contributed by atoms with Gasteiger partial charge in [0.1, 0.15) is 0 Å². The van der Waals surface area contributed by atoms with Crippen molar-refractivity contribution < 1.29 is 18.7 Å². The maximum absolute atomic E-state index is 12.0. The number of hydrogen-bond donors (Lipinski definition) is 1. The monoisotopic (exact) mass is 315 g/mol. The van der Waals surface area contributed by atoms with E-state index in [1.54, 1.807) is 6.07 Å². The fourth-order valence-corrected chi connectivity index (χ4v) is 2.69. The Morgan fingerprint density at radius 1 is 1.50 bits per heavy atom. The van der Waals surface area contributed by atoms with Crippen molar-refractivity contribution in [2.24, 2.45) is 5.92 Å². The summed E-state index contributed by atoms with van der Waals surface area (Å²) in [6.45, 7) is 0. The van der Waals surface area contributed by atoms with Crippen LogP contribution >= 0.6 is 15.9 Å². The van der Waals surface area contributed by atoms with Gasteiger partial charge in [0.25, 0.3) is 5.91 Å². The Hall–Kier alpha value is -1.30. The predicted octanol–water partition coefficient (Wildman–Crippen LogP) is 2.11. The molecule has 1 aromatic rings. The summed E-state index contributed by atoms with van der Waals surface area (Å²) in [7, 11) is 1.37. The first-order valence-corrected chi connectivity index (χ1v) is 6.54. The third-order valence-electron chi connectivity index (χ3n) is 3.20. The molecule has 2 rings (SSSR count). The zero-order valence-corrected chi connectivity index (χ0v) is 11.5. The largest absolute Gasteiger partial charge is 0.469 e. The number of furan rings is 1. The van der Waals surface area contributed by atoms with Crippen LogP contribution in [-0.4, -0.2) is 25.0 Å². The van der Waals surface area contributed by atoms with Crippen molar-refractivity contribution in [1.29, 1.82) is 0 Å². The van der Waals surface area contributed by atoms with Crippen molar-refractivity contribution in [3.63, 3.8) is 0 Å². The first-order chi connectivity index (χ1) is 8.63. The normalized spacial score (nSPS) is 22.8. The lowest BCUT2D eigenvalue weighted by atomic mass is 10.0. The highest BCUT2D eigenvalue weighted by Gasteiger charge is 2.35. The van der Waals surface area contributed by atoms with Crippen LogP contribution in [0.5, 0.6) is 0 Å². The van der Waals surface area contributed by atoms with Gasteiger partial charge in [0.15, 0.2) is 4.67 Å². The summed E-state index contributed by atoms with van der Waals surface area (Å²) in [5.41, 5.74) is 0.436. The Labute approximate surface area is 113 Å². The third-order valence-corrected chi connectivity index (χ3v) is 3.81. The molecule has 0 bridgehead atoms. The van der Waals surface area contributed by atoms with Crippen LogP contribution in [0.1, 0.15) is 29.6 Å². The fourth-order valence-electron chi connectivity index (χ4n) is 2.27. The highest BCUT2D eigenvalue weighted by molar-refractivity contribution is 9.10. The summed E-state index contributed by atoms with van der Waals surface area (Å²) in [4.78, 5) is 23.5. The van der Waals surface area contributed by atoms with Gasteiger partial charge < -0.3 is 14.5 Å². The van der Waals surface area contributed by atoms with Gasteiger partial charge in [0, 0.05) is 6.04 Å². The minimum Gasteiger partial charge on any atom is -0.469 e. The van der Waals surface area contributed by atoms with E-state index in [1.165, 1.54) is 13.4 Å². The van der Waals surface area contributed by atoms with Crippen molar-refractivity contribution in [3.05, 3.63) is 22.6 Å². The maximum atomic E-state index is 12.0. The van der Waals surface area contributed by atoms with Crippen LogP contribution in [0.2, 0.25) is 0 Å². The van der Waals surface area contributed by atoms with Crippen LogP contribution in [0, 0.1) is 5.92 Å². The quantitative estimate of drug-likeness (QED) is 0.867. The molecular formula is C12H14BrNO4. The average molecular weight is 316 g/mol. The zero-order chi connectivity index (χ0) is 13.1. The van der Waals surface area contributed by atoms with Crippen molar-refractivity contribution in [2.75, 3.05) is 7.11 Å². The molecular weight excluding hydrogens is 302 g/mol. The first kappa shape index (κ1) is 13.1. The molecule has 1 aliphatic carbocycles. The highest BCUT2D eigenvalue weighted by atomic mass is 79.9. The molecule has 1 aromatic heterocycles. The van der Waals surface area contributed by atoms with Gasteiger partial charge in [-0.25, -0.2) is 0 Å². The molecule has 98 valence electrons. The van der Waals surface area contributed by atoms with E-state index in [0.717, 1.165) is 19.3 Å². The third kappa shape index (κ3) is 2.58. The number of ether oxygens (including phenoxy) is 1. The van der Waals surface area contributed by atoms with Gasteiger partial charge in [0.2, 0.25) is 0 Å². The number of esters is 1. The molecule has 0 spiro atoms. The summed E-state index contributed by atoms with van der Waals surface area (Å²) in [5, 5.41) is 2.86. The molecule has 0 radical (unpaired) electrons. The molecule has 0 unspecified atom stereocenters. The summed E-state index contributed by atoms with van der Waals surface area (Å²) in [6.07, 6.45) is 3.90. The lowest BCUT2D eigenvalue weighted by Gasteiger charge is -2.18. The Kier molecular flexibility index (Phi) is 4.06. The van der Waals surface area contributed by atoms with Gasteiger partial charge in [-0.05, 0) is 34.8 Å². The number of amides is 1. The SMILES string of the molecule is COC(=O)[C@H]1CCC[C@H]1NC(=O)c1ccoc1Br. The molecule has 6 heteroatoms. The number of methoxy groups -OCH3 is 1. The molecule has 1 amide bonds. The first-order valence-electron chi connectivity index (χ1n) is 5.75. The standard InChI is InChI=1S/C12H14BrNO4/c1-17-12(16)7-3-2-4-9(7)14-11(15)8-5-6-18-10(8)13/h5-7,9H,2-4H2,1H3,(H,14,15)/t7-,9+/m0/s1. The van der Waals surface area contributed by atoms with Crippen molar-refractivity contribution in [1.82, 2.24) is 5.32 Å². The van der Waals surface area contributed by atoms with Gasteiger partial charge in [-0.3, -0.25) is 9.59 Å². The molecule has 0 saturated heterocycles.